The van der Waals surface area contributed by atoms with E-state index in [1.807, 2.05) is 0 Å². The lowest BCUT2D eigenvalue weighted by Crippen LogP contribution is -2.46. The van der Waals surface area contributed by atoms with Crippen molar-refractivity contribution in [1.82, 2.24) is 0 Å². The van der Waals surface area contributed by atoms with Crippen LogP contribution in [0.15, 0.2) is 84.9 Å². The fraction of sp³-hybridized carbons (Fsp3) is 0.415. The van der Waals surface area contributed by atoms with Gasteiger partial charge in [0, 0.05) is 50.0 Å². The fourth-order valence-electron chi connectivity index (χ4n) is 5.54. The topological polar surface area (TPSA) is 210 Å². The van der Waals surface area contributed by atoms with Gasteiger partial charge in [-0.15, -0.1) is 23.2 Å². The van der Waals surface area contributed by atoms with Crippen LogP contribution in [-0.4, -0.2) is 115 Å². The van der Waals surface area contributed by atoms with Crippen LogP contribution in [0.5, 0.6) is 0 Å². The molecule has 1 saturated carbocycles. The lowest BCUT2D eigenvalue weighted by atomic mass is 9.82. The molecular weight excluding hydrogens is 961 g/mol. The molecule has 0 spiro atoms. The normalized spacial score (nSPS) is 20.0. The van der Waals surface area contributed by atoms with Crippen molar-refractivity contribution >= 4 is 117 Å². The summed E-state index contributed by atoms with van der Waals surface area (Å²) >= 11 is 38.9. The molecule has 1 aromatic rings. The Morgan fingerprint density at radius 2 is 0.746 bits per heavy atom. The maximum Gasteiger partial charge on any atom is 0.338 e. The highest BCUT2D eigenvalue weighted by Gasteiger charge is 2.86. The molecule has 2 bridgehead atoms. The number of hydrogen-bond acceptors (Lipinski definition) is 16. The predicted octanol–water partition coefficient (Wildman–Crippen LogP) is 6.63. The van der Waals surface area contributed by atoms with Crippen molar-refractivity contribution in [1.29, 1.82) is 0 Å². The summed E-state index contributed by atoms with van der Waals surface area (Å²) in [5, 5.41) is -0.605. The Morgan fingerprint density at radius 3 is 1.03 bits per heavy atom. The Balaban J connectivity index is 0.000000445. The smallest absolute Gasteiger partial charge is 0.338 e. The monoisotopic (exact) mass is 1000 g/mol. The van der Waals surface area contributed by atoms with Crippen LogP contribution < -0.4 is 0 Å². The molecule has 1 fully saturated rings. The van der Waals surface area contributed by atoms with Gasteiger partial charge in [-0.1, -0.05) is 78.8 Å². The van der Waals surface area contributed by atoms with E-state index in [9.17, 15) is 38.4 Å². The Kier molecular flexibility index (Phi) is 22.7. The first-order valence-electron chi connectivity index (χ1n) is 18.6. The zero-order valence-electron chi connectivity index (χ0n) is 33.4. The van der Waals surface area contributed by atoms with Gasteiger partial charge in [-0.2, -0.15) is 0 Å². The van der Waals surface area contributed by atoms with Gasteiger partial charge in [-0.05, 0) is 18.2 Å². The summed E-state index contributed by atoms with van der Waals surface area (Å²) < 4.78 is 37.5. The molecule has 4 atom stereocenters. The van der Waals surface area contributed by atoms with E-state index < -0.39 is 73.7 Å². The number of alkyl halides is 4. The molecule has 0 N–H and O–H groups in total. The van der Waals surface area contributed by atoms with Crippen LogP contribution in [0.4, 0.5) is 0 Å². The first-order chi connectivity index (χ1) is 29.8. The highest BCUT2D eigenvalue weighted by molar-refractivity contribution is 6.66. The highest BCUT2D eigenvalue weighted by Crippen LogP contribution is 2.76. The third kappa shape index (κ3) is 14.2. The second kappa shape index (κ2) is 26.3. The van der Waals surface area contributed by atoms with E-state index >= 15 is 0 Å². The van der Waals surface area contributed by atoms with E-state index in [4.69, 9.17) is 108 Å². The Morgan fingerprint density at radius 1 is 0.476 bits per heavy atom. The van der Waals surface area contributed by atoms with E-state index in [1.165, 1.54) is 24.3 Å². The molecule has 0 radical (unpaired) electrons. The molecule has 2 aliphatic carbocycles. The number of halogens is 6. The van der Waals surface area contributed by atoms with Crippen molar-refractivity contribution in [3.8, 4) is 0 Å². The molecule has 4 unspecified atom stereocenters. The standard InChI is InChI=1S/C21H20Cl6O8.C20H22O8/c1-3-11(28)32-7-5-9-34-17(30)13-14(18(31)35-10-6-8-33-12(29)4-2)20(25)16(23)15(22)19(13,24)21(20,26)27;1-3-17(21)25-10-6-12-27-19(23)15-8-5-9-16(14-15)20(24)28-13-7-11-26-18(22)4-2/h3-4,13-14H,1-2,5-10H2;3-5,8-9,14H,1-2,6-7,10-13H2. The third-order valence-corrected chi connectivity index (χ3v) is 12.8. The second-order valence-corrected chi connectivity index (χ2v) is 15.9. The van der Waals surface area contributed by atoms with Crippen LogP contribution in [0.2, 0.25) is 0 Å². The van der Waals surface area contributed by atoms with Crippen molar-refractivity contribution in [2.24, 2.45) is 11.8 Å². The quantitative estimate of drug-likeness (QED) is 0.0350. The molecule has 0 aromatic heterocycles. The van der Waals surface area contributed by atoms with Gasteiger partial charge >= 0.3 is 47.8 Å². The molecule has 22 heteroatoms. The second-order valence-electron chi connectivity index (χ2n) is 12.7. The Bertz CT molecular complexity index is 1820. The van der Waals surface area contributed by atoms with Crippen LogP contribution in [0.25, 0.3) is 0 Å². The SMILES string of the molecule is C=CC(=O)OCCCOC(=O)C1C(C(=O)OCCCOC(=O)C=C)C2(Cl)C(Cl)=C(Cl)C1(Cl)C2(Cl)Cl.C=CC(=O)OCCCOC(=O)c1cccc(C(=O)OCCCOC(=O)C=C)c1. The van der Waals surface area contributed by atoms with Crippen molar-refractivity contribution in [2.75, 3.05) is 52.9 Å². The average molecular weight is 1000 g/mol. The number of ether oxygens (including phenoxy) is 8. The van der Waals surface area contributed by atoms with Gasteiger partial charge in [0.25, 0.3) is 0 Å². The molecular formula is C41H42Cl6O16. The van der Waals surface area contributed by atoms with E-state index in [2.05, 4.69) is 26.3 Å². The molecule has 3 rings (SSSR count). The largest absolute Gasteiger partial charge is 0.465 e. The number of carbonyl (C=O) groups is 8. The number of carbonyl (C=O) groups excluding carboxylic acids is 8. The fourth-order valence-corrected chi connectivity index (χ4v) is 8.46. The van der Waals surface area contributed by atoms with Crippen LogP contribution in [-0.2, 0) is 66.7 Å². The minimum Gasteiger partial charge on any atom is -0.465 e. The zero-order chi connectivity index (χ0) is 47.4. The summed E-state index contributed by atoms with van der Waals surface area (Å²) in [5.41, 5.74) is 0.384. The molecule has 0 saturated heterocycles. The number of esters is 8. The number of allylic oxidation sites excluding steroid dienone is 2. The van der Waals surface area contributed by atoms with Gasteiger partial charge in [0.1, 0.15) is 9.75 Å². The van der Waals surface area contributed by atoms with Crippen molar-refractivity contribution in [2.45, 2.75) is 39.8 Å². The molecule has 16 nitrogen and oxygen atoms in total. The molecule has 0 amide bonds. The van der Waals surface area contributed by atoms with Crippen LogP contribution >= 0.6 is 69.6 Å². The summed E-state index contributed by atoms with van der Waals surface area (Å²) in [6.07, 6.45) is 5.00. The van der Waals surface area contributed by atoms with Gasteiger partial charge < -0.3 is 37.9 Å². The minimum absolute atomic E-state index is 0.0569. The lowest BCUT2D eigenvalue weighted by Gasteiger charge is -2.33. The lowest BCUT2D eigenvalue weighted by molar-refractivity contribution is -0.161. The van der Waals surface area contributed by atoms with Crippen molar-refractivity contribution in [3.63, 3.8) is 0 Å². The molecule has 2 aliphatic rings. The Labute approximate surface area is 392 Å². The average Bonchev–Trinajstić information content (AvgIpc) is 3.48. The van der Waals surface area contributed by atoms with E-state index in [0.717, 1.165) is 24.3 Å². The van der Waals surface area contributed by atoms with Gasteiger partial charge in [0.05, 0.1) is 85.9 Å². The van der Waals surface area contributed by atoms with E-state index in [0.29, 0.717) is 12.8 Å². The highest BCUT2D eigenvalue weighted by atomic mass is 35.5. The maximum atomic E-state index is 13.1. The van der Waals surface area contributed by atoms with Gasteiger partial charge in [-0.3, -0.25) is 9.59 Å². The number of benzene rings is 1. The molecule has 1 aromatic carbocycles. The molecule has 0 aliphatic heterocycles. The summed E-state index contributed by atoms with van der Waals surface area (Å²) in [6, 6.07) is 5.90. The number of hydrogen-bond donors (Lipinski definition) is 0. The van der Waals surface area contributed by atoms with E-state index in [-0.39, 0.29) is 86.9 Å². The summed E-state index contributed by atoms with van der Waals surface area (Å²) in [4.78, 5) is 89.9. The predicted molar refractivity (Wildman–Crippen MR) is 229 cm³/mol. The first kappa shape index (κ1) is 54.6. The van der Waals surface area contributed by atoms with Crippen LogP contribution in [0.1, 0.15) is 46.4 Å². The van der Waals surface area contributed by atoms with Gasteiger partial charge in [0.15, 0.2) is 4.33 Å². The summed E-state index contributed by atoms with van der Waals surface area (Å²) in [7, 11) is 0. The van der Waals surface area contributed by atoms with Gasteiger partial charge in [-0.25, -0.2) is 28.8 Å². The van der Waals surface area contributed by atoms with Gasteiger partial charge in [0.2, 0.25) is 0 Å². The van der Waals surface area contributed by atoms with Crippen LogP contribution in [0.3, 0.4) is 0 Å². The Hall–Kier alpha value is -4.58. The summed E-state index contributed by atoms with van der Waals surface area (Å²) in [6.45, 7) is 12.9. The molecule has 63 heavy (non-hydrogen) atoms. The zero-order valence-corrected chi connectivity index (χ0v) is 37.9. The first-order valence-corrected chi connectivity index (χ1v) is 20.8. The summed E-state index contributed by atoms with van der Waals surface area (Å²) in [5.74, 6) is -8.73. The molecule has 0 heterocycles. The minimum atomic E-state index is -2.20. The third-order valence-electron chi connectivity index (χ3n) is 8.53. The van der Waals surface area contributed by atoms with Crippen molar-refractivity contribution < 1.29 is 76.3 Å². The molecule has 344 valence electrons. The van der Waals surface area contributed by atoms with Crippen LogP contribution in [0, 0.1) is 11.8 Å². The number of fused-ring (bicyclic) bond motifs is 2. The maximum absolute atomic E-state index is 13.1. The van der Waals surface area contributed by atoms with Crippen molar-refractivity contribution in [3.05, 3.63) is 96.1 Å². The van der Waals surface area contributed by atoms with E-state index in [1.54, 1.807) is 0 Å². The number of rotatable bonds is 24.